The molecule has 1 N–H and O–H groups in total. The molecular weight excluding hydrogens is 262 g/mol. The lowest BCUT2D eigenvalue weighted by Gasteiger charge is -2.34. The van der Waals surface area contributed by atoms with Crippen LogP contribution in [0.1, 0.15) is 17.3 Å². The number of ether oxygens (including phenoxy) is 1. The van der Waals surface area contributed by atoms with Crippen molar-refractivity contribution in [2.24, 2.45) is 0 Å². The van der Waals surface area contributed by atoms with Crippen LogP contribution in [0.3, 0.4) is 0 Å². The van der Waals surface area contributed by atoms with Gasteiger partial charge in [-0.3, -0.25) is 14.9 Å². The number of nitro benzene ring substituents is 1. The first-order chi connectivity index (χ1) is 9.54. The molecule has 1 aromatic carbocycles. The molecular formula is C13H17N3O4. The molecule has 0 aliphatic carbocycles. The molecule has 7 heteroatoms. The average molecular weight is 279 g/mol. The number of benzene rings is 1. The summed E-state index contributed by atoms with van der Waals surface area (Å²) in [6.45, 7) is 4.09. The summed E-state index contributed by atoms with van der Waals surface area (Å²) >= 11 is 0. The van der Waals surface area contributed by atoms with Crippen LogP contribution in [0.2, 0.25) is 0 Å². The quantitative estimate of drug-likeness (QED) is 0.660. The first-order valence-electron chi connectivity index (χ1n) is 6.38. The maximum Gasteiger partial charge on any atom is 0.310 e. The van der Waals surface area contributed by atoms with Crippen molar-refractivity contribution in [1.29, 1.82) is 0 Å². The molecule has 0 bridgehead atoms. The summed E-state index contributed by atoms with van der Waals surface area (Å²) in [7, 11) is 1.35. The summed E-state index contributed by atoms with van der Waals surface area (Å²) in [6.07, 6.45) is 0. The fourth-order valence-electron chi connectivity index (χ4n) is 2.27. The highest BCUT2D eigenvalue weighted by Crippen LogP contribution is 2.28. The van der Waals surface area contributed by atoms with E-state index in [0.29, 0.717) is 12.1 Å². The molecule has 0 unspecified atom stereocenters. The van der Waals surface area contributed by atoms with E-state index in [-0.39, 0.29) is 23.4 Å². The van der Waals surface area contributed by atoms with E-state index >= 15 is 0 Å². The molecule has 1 fully saturated rings. The SMILES string of the molecule is COc1cc(C(=O)N2CCNC[C@@H]2C)ccc1[N+](=O)[O-]. The first-order valence-corrected chi connectivity index (χ1v) is 6.38. The van der Waals surface area contributed by atoms with Crippen molar-refractivity contribution in [2.45, 2.75) is 13.0 Å². The van der Waals surface area contributed by atoms with Crippen molar-refractivity contribution in [3.8, 4) is 5.75 Å². The smallest absolute Gasteiger partial charge is 0.310 e. The number of carbonyl (C=O) groups is 1. The third kappa shape index (κ3) is 2.72. The Morgan fingerprint density at radius 2 is 2.30 bits per heavy atom. The van der Waals surface area contributed by atoms with Crippen molar-refractivity contribution in [1.82, 2.24) is 10.2 Å². The number of amides is 1. The van der Waals surface area contributed by atoms with Crippen LogP contribution in [0, 0.1) is 10.1 Å². The lowest BCUT2D eigenvalue weighted by Crippen LogP contribution is -2.52. The van der Waals surface area contributed by atoms with Gasteiger partial charge in [0.1, 0.15) is 0 Å². The fourth-order valence-corrected chi connectivity index (χ4v) is 2.27. The van der Waals surface area contributed by atoms with Crippen molar-refractivity contribution in [2.75, 3.05) is 26.7 Å². The second kappa shape index (κ2) is 5.87. The third-order valence-corrected chi connectivity index (χ3v) is 3.39. The number of hydrogen-bond acceptors (Lipinski definition) is 5. The molecule has 108 valence electrons. The van der Waals surface area contributed by atoms with Gasteiger partial charge in [0.2, 0.25) is 0 Å². The fraction of sp³-hybridized carbons (Fsp3) is 0.462. The molecule has 1 aromatic rings. The van der Waals surface area contributed by atoms with Gasteiger partial charge in [0.05, 0.1) is 12.0 Å². The van der Waals surface area contributed by atoms with Gasteiger partial charge in [0.25, 0.3) is 5.91 Å². The minimum Gasteiger partial charge on any atom is -0.490 e. The molecule has 1 amide bonds. The number of piperazine rings is 1. The number of nitrogens with one attached hydrogen (secondary N) is 1. The number of rotatable bonds is 3. The summed E-state index contributed by atoms with van der Waals surface area (Å²) in [5, 5.41) is 14.0. The maximum atomic E-state index is 12.4. The van der Waals surface area contributed by atoms with Gasteiger partial charge < -0.3 is 15.0 Å². The van der Waals surface area contributed by atoms with Crippen LogP contribution in [-0.4, -0.2) is 48.5 Å². The molecule has 2 rings (SSSR count). The number of carbonyl (C=O) groups excluding carboxylic acids is 1. The Labute approximate surface area is 116 Å². The zero-order chi connectivity index (χ0) is 14.7. The van der Waals surface area contributed by atoms with Crippen LogP contribution < -0.4 is 10.1 Å². The van der Waals surface area contributed by atoms with E-state index in [0.717, 1.165) is 13.1 Å². The van der Waals surface area contributed by atoms with Gasteiger partial charge in [-0.05, 0) is 13.0 Å². The van der Waals surface area contributed by atoms with E-state index < -0.39 is 4.92 Å². The normalized spacial score (nSPS) is 18.7. The standard InChI is InChI=1S/C13H17N3O4/c1-9-8-14-5-6-15(9)13(17)10-3-4-11(16(18)19)12(7-10)20-2/h3-4,7,9,14H,5-6,8H2,1-2H3/t9-/m0/s1. The van der Waals surface area contributed by atoms with Crippen LogP contribution in [-0.2, 0) is 0 Å². The Hall–Kier alpha value is -2.15. The molecule has 1 aliphatic heterocycles. The van der Waals surface area contributed by atoms with Crippen molar-refractivity contribution >= 4 is 11.6 Å². The van der Waals surface area contributed by atoms with Gasteiger partial charge in [-0.25, -0.2) is 0 Å². The minimum atomic E-state index is -0.527. The highest BCUT2D eigenvalue weighted by Gasteiger charge is 2.25. The van der Waals surface area contributed by atoms with E-state index in [1.807, 2.05) is 6.92 Å². The summed E-state index contributed by atoms with van der Waals surface area (Å²) in [4.78, 5) is 24.5. The Morgan fingerprint density at radius 1 is 1.55 bits per heavy atom. The van der Waals surface area contributed by atoms with E-state index in [1.54, 1.807) is 4.90 Å². The van der Waals surface area contributed by atoms with Crippen molar-refractivity contribution < 1.29 is 14.5 Å². The van der Waals surface area contributed by atoms with Crippen LogP contribution >= 0.6 is 0 Å². The summed E-state index contributed by atoms with van der Waals surface area (Å²) < 4.78 is 4.99. The maximum absolute atomic E-state index is 12.4. The van der Waals surface area contributed by atoms with E-state index in [2.05, 4.69) is 5.32 Å². The summed E-state index contributed by atoms with van der Waals surface area (Å²) in [5.41, 5.74) is 0.263. The second-order valence-electron chi connectivity index (χ2n) is 4.70. The molecule has 7 nitrogen and oxygen atoms in total. The predicted molar refractivity (Wildman–Crippen MR) is 73.0 cm³/mol. The van der Waals surface area contributed by atoms with Crippen LogP contribution in [0.15, 0.2) is 18.2 Å². The lowest BCUT2D eigenvalue weighted by atomic mass is 10.1. The predicted octanol–water partition coefficient (Wildman–Crippen LogP) is 1.04. The molecule has 0 radical (unpaired) electrons. The minimum absolute atomic E-state index is 0.0948. The summed E-state index contributed by atoms with van der Waals surface area (Å²) in [6, 6.07) is 4.30. The molecule has 1 saturated heterocycles. The van der Waals surface area contributed by atoms with E-state index in [4.69, 9.17) is 4.74 Å². The largest absolute Gasteiger partial charge is 0.490 e. The highest BCUT2D eigenvalue weighted by molar-refractivity contribution is 5.95. The average Bonchev–Trinajstić information content (AvgIpc) is 2.46. The summed E-state index contributed by atoms with van der Waals surface area (Å²) in [5.74, 6) is -0.0316. The van der Waals surface area contributed by atoms with Crippen LogP contribution in [0.4, 0.5) is 5.69 Å². The molecule has 0 spiro atoms. The number of nitrogens with zero attached hydrogens (tertiary/aromatic N) is 2. The Kier molecular flexibility index (Phi) is 4.19. The Bertz CT molecular complexity index is 532. The van der Waals surface area contributed by atoms with Gasteiger partial charge in [0.15, 0.2) is 5.75 Å². The zero-order valence-electron chi connectivity index (χ0n) is 11.5. The second-order valence-corrected chi connectivity index (χ2v) is 4.70. The number of nitro groups is 1. The monoisotopic (exact) mass is 279 g/mol. The molecule has 1 atom stereocenters. The van der Waals surface area contributed by atoms with Gasteiger partial charge >= 0.3 is 5.69 Å². The number of methoxy groups -OCH3 is 1. The molecule has 1 heterocycles. The molecule has 1 aliphatic rings. The van der Waals surface area contributed by atoms with Crippen molar-refractivity contribution in [3.05, 3.63) is 33.9 Å². The first kappa shape index (κ1) is 14.3. The number of hydrogen-bond donors (Lipinski definition) is 1. The highest BCUT2D eigenvalue weighted by atomic mass is 16.6. The molecule has 20 heavy (non-hydrogen) atoms. The van der Waals surface area contributed by atoms with Crippen LogP contribution in [0.5, 0.6) is 5.75 Å². The van der Waals surface area contributed by atoms with Crippen molar-refractivity contribution in [3.63, 3.8) is 0 Å². The topological polar surface area (TPSA) is 84.7 Å². The third-order valence-electron chi connectivity index (χ3n) is 3.39. The van der Waals surface area contributed by atoms with Crippen LogP contribution in [0.25, 0.3) is 0 Å². The van der Waals surface area contributed by atoms with Gasteiger partial charge in [-0.2, -0.15) is 0 Å². The van der Waals surface area contributed by atoms with E-state index in [9.17, 15) is 14.9 Å². The zero-order valence-corrected chi connectivity index (χ0v) is 11.5. The van der Waals surface area contributed by atoms with E-state index in [1.165, 1.54) is 25.3 Å². The molecule has 0 aromatic heterocycles. The Morgan fingerprint density at radius 3 is 2.90 bits per heavy atom. The lowest BCUT2D eigenvalue weighted by molar-refractivity contribution is -0.385. The Balaban J connectivity index is 2.28. The van der Waals surface area contributed by atoms with Gasteiger partial charge in [-0.15, -0.1) is 0 Å². The van der Waals surface area contributed by atoms with Gasteiger partial charge in [-0.1, -0.05) is 0 Å². The molecule has 0 saturated carbocycles. The van der Waals surface area contributed by atoms with Gasteiger partial charge in [0, 0.05) is 43.4 Å².